The molecule has 2 atom stereocenters. The van der Waals surface area contributed by atoms with Gasteiger partial charge in [-0.2, -0.15) is 5.10 Å². The van der Waals surface area contributed by atoms with Crippen LogP contribution in [0.5, 0.6) is 0 Å². The van der Waals surface area contributed by atoms with Crippen molar-refractivity contribution in [2.75, 3.05) is 18.5 Å². The molecule has 3 aromatic rings. The van der Waals surface area contributed by atoms with E-state index >= 15 is 0 Å². The number of ether oxygens (including phenoxy) is 1. The Hall–Kier alpha value is -3.28. The first-order valence-electron chi connectivity index (χ1n) is 10.4. The summed E-state index contributed by atoms with van der Waals surface area (Å²) in [6.07, 6.45) is -4.93. The highest BCUT2D eigenvalue weighted by atomic mass is 19.3. The number of anilines is 1. The van der Waals surface area contributed by atoms with E-state index in [1.165, 1.54) is 26.1 Å². The summed E-state index contributed by atoms with van der Waals surface area (Å²) in [5.74, 6) is -1.10. The lowest BCUT2D eigenvalue weighted by molar-refractivity contribution is -0.00484. The zero-order valence-electron chi connectivity index (χ0n) is 18.2. The molecule has 1 aromatic carbocycles. The number of nitrogens with zero attached hydrogens (tertiary/aromatic N) is 3. The second kappa shape index (κ2) is 8.82. The van der Waals surface area contributed by atoms with Gasteiger partial charge >= 0.3 is 0 Å². The van der Waals surface area contributed by atoms with Crippen LogP contribution in [0.2, 0.25) is 0 Å². The van der Waals surface area contributed by atoms with Crippen LogP contribution in [0.1, 0.15) is 36.9 Å². The lowest BCUT2D eigenvalue weighted by Crippen LogP contribution is -2.47. The second-order valence-electron chi connectivity index (χ2n) is 8.21. The molecular weight excluding hydrogens is 463 g/mol. The molecule has 7 nitrogen and oxygen atoms in total. The summed E-state index contributed by atoms with van der Waals surface area (Å²) in [6, 6.07) is 3.64. The number of aryl methyl sites for hydroxylation is 1. The molecule has 0 bridgehead atoms. The minimum Gasteiger partial charge on any atom is -0.379 e. The lowest BCUT2D eigenvalue weighted by atomic mass is 9.98. The number of nitrogens with one attached hydrogen (secondary N) is 1. The first-order chi connectivity index (χ1) is 16.1. The number of rotatable bonds is 6. The van der Waals surface area contributed by atoms with Crippen molar-refractivity contribution < 1.29 is 26.7 Å². The molecular formula is C22H21F5N4O3. The Morgan fingerprint density at radius 1 is 1.15 bits per heavy atom. The Labute approximate surface area is 189 Å². The molecule has 1 saturated heterocycles. The third kappa shape index (κ3) is 3.85. The van der Waals surface area contributed by atoms with Crippen LogP contribution in [0.15, 0.2) is 40.1 Å². The summed E-state index contributed by atoms with van der Waals surface area (Å²) in [4.78, 5) is 25.4. The fourth-order valence-corrected chi connectivity index (χ4v) is 4.17. The van der Waals surface area contributed by atoms with E-state index in [-0.39, 0.29) is 41.8 Å². The zero-order valence-corrected chi connectivity index (χ0v) is 18.2. The van der Waals surface area contributed by atoms with Crippen molar-refractivity contribution in [3.05, 3.63) is 68.1 Å². The molecule has 4 rings (SSSR count). The van der Waals surface area contributed by atoms with Crippen LogP contribution in [0.4, 0.5) is 27.8 Å². The van der Waals surface area contributed by atoms with E-state index < -0.39 is 46.9 Å². The van der Waals surface area contributed by atoms with Crippen LogP contribution in [-0.2, 0) is 17.3 Å². The molecule has 0 saturated carbocycles. The minimum absolute atomic E-state index is 0.0106. The SMILES string of the molecule is C[C@@H](Nc1nn(C)c(=O)c2cc(=O)n([C@]3(C(F)F)CCOC3)cc12)c1cccc(C(F)F)c1F. The van der Waals surface area contributed by atoms with Crippen LogP contribution in [-0.4, -0.2) is 34.0 Å². The van der Waals surface area contributed by atoms with Gasteiger partial charge in [0.2, 0.25) is 0 Å². The van der Waals surface area contributed by atoms with E-state index in [1.807, 2.05) is 0 Å². The van der Waals surface area contributed by atoms with Gasteiger partial charge in [-0.25, -0.2) is 26.6 Å². The molecule has 1 fully saturated rings. The number of benzene rings is 1. The largest absolute Gasteiger partial charge is 0.379 e. The van der Waals surface area contributed by atoms with Crippen molar-refractivity contribution in [2.24, 2.45) is 7.05 Å². The van der Waals surface area contributed by atoms with Gasteiger partial charge in [0.25, 0.3) is 24.0 Å². The quantitative estimate of drug-likeness (QED) is 0.540. The topological polar surface area (TPSA) is 78.2 Å². The van der Waals surface area contributed by atoms with Crippen LogP contribution in [0.25, 0.3) is 10.8 Å². The van der Waals surface area contributed by atoms with Crippen molar-refractivity contribution in [3.8, 4) is 0 Å². The number of aromatic nitrogens is 3. The molecule has 0 radical (unpaired) electrons. The van der Waals surface area contributed by atoms with E-state index in [4.69, 9.17) is 4.74 Å². The van der Waals surface area contributed by atoms with Crippen LogP contribution in [0.3, 0.4) is 0 Å². The van der Waals surface area contributed by atoms with Crippen molar-refractivity contribution in [1.29, 1.82) is 0 Å². The monoisotopic (exact) mass is 484 g/mol. The van der Waals surface area contributed by atoms with Crippen molar-refractivity contribution in [2.45, 2.75) is 37.8 Å². The second-order valence-corrected chi connectivity index (χ2v) is 8.21. The fourth-order valence-electron chi connectivity index (χ4n) is 4.17. The Bertz CT molecular complexity index is 1350. The van der Waals surface area contributed by atoms with E-state index in [0.29, 0.717) is 0 Å². The standard InChI is InChI=1S/C22H21F5N4O3/c1-11(12-4-3-5-13(17(12)23)18(24)25)28-19-15-9-31(22(21(26)27)6-7-34-10-22)16(32)8-14(15)20(33)30(2)29-19/h3-5,8-9,11,18,21H,6-7,10H2,1-2H3,(H,28,29)/t11-,22-/m1/s1. The van der Waals surface area contributed by atoms with Gasteiger partial charge in [0.05, 0.1) is 23.6 Å². The van der Waals surface area contributed by atoms with Gasteiger partial charge < -0.3 is 14.6 Å². The van der Waals surface area contributed by atoms with Gasteiger partial charge in [0.15, 0.2) is 5.82 Å². The molecule has 1 N–H and O–H groups in total. The molecule has 1 aliphatic heterocycles. The summed E-state index contributed by atoms with van der Waals surface area (Å²) >= 11 is 0. The number of fused-ring (bicyclic) bond motifs is 1. The van der Waals surface area contributed by atoms with Crippen molar-refractivity contribution in [3.63, 3.8) is 0 Å². The summed E-state index contributed by atoms with van der Waals surface area (Å²) in [7, 11) is 1.33. The highest BCUT2D eigenvalue weighted by molar-refractivity contribution is 5.90. The number of alkyl halides is 4. The summed E-state index contributed by atoms with van der Waals surface area (Å²) < 4.78 is 75.9. The summed E-state index contributed by atoms with van der Waals surface area (Å²) in [5.41, 5.74) is -4.21. The predicted octanol–water partition coefficient (Wildman–Crippen LogP) is 3.73. The molecule has 12 heteroatoms. The fraction of sp³-hybridized carbons (Fsp3) is 0.409. The van der Waals surface area contributed by atoms with Crippen molar-refractivity contribution in [1.82, 2.24) is 14.3 Å². The number of hydrogen-bond donors (Lipinski definition) is 1. The van der Waals surface area contributed by atoms with Gasteiger partial charge in [-0.3, -0.25) is 9.59 Å². The van der Waals surface area contributed by atoms with Crippen LogP contribution >= 0.6 is 0 Å². The maximum absolute atomic E-state index is 14.7. The average molecular weight is 484 g/mol. The molecule has 0 aliphatic carbocycles. The Kier molecular flexibility index (Phi) is 6.19. The minimum atomic E-state index is -3.02. The van der Waals surface area contributed by atoms with Gasteiger partial charge in [0.1, 0.15) is 11.4 Å². The van der Waals surface area contributed by atoms with Crippen molar-refractivity contribution >= 4 is 16.6 Å². The van der Waals surface area contributed by atoms with E-state index in [9.17, 15) is 31.5 Å². The molecule has 182 valence electrons. The smallest absolute Gasteiger partial charge is 0.274 e. The average Bonchev–Trinajstić information content (AvgIpc) is 3.28. The maximum Gasteiger partial charge on any atom is 0.274 e. The number of pyridine rings is 1. The molecule has 1 aliphatic rings. The number of hydrogen-bond acceptors (Lipinski definition) is 5. The third-order valence-corrected chi connectivity index (χ3v) is 6.11. The molecule has 2 aromatic heterocycles. The Morgan fingerprint density at radius 2 is 1.85 bits per heavy atom. The van der Waals surface area contributed by atoms with E-state index in [0.717, 1.165) is 27.6 Å². The van der Waals surface area contributed by atoms with Crippen LogP contribution in [0, 0.1) is 5.82 Å². The van der Waals surface area contributed by atoms with Crippen LogP contribution < -0.4 is 16.4 Å². The molecule has 0 unspecified atom stereocenters. The lowest BCUT2D eigenvalue weighted by Gasteiger charge is -2.29. The van der Waals surface area contributed by atoms with E-state index in [2.05, 4.69) is 10.4 Å². The van der Waals surface area contributed by atoms with Gasteiger partial charge in [-0.15, -0.1) is 0 Å². The summed E-state index contributed by atoms with van der Waals surface area (Å²) in [6.45, 7) is 1.14. The number of halogens is 5. The molecule has 0 spiro atoms. The highest BCUT2D eigenvalue weighted by Gasteiger charge is 2.46. The normalized spacial score (nSPS) is 19.3. The van der Waals surface area contributed by atoms with Gasteiger partial charge in [0, 0.05) is 43.3 Å². The van der Waals surface area contributed by atoms with Gasteiger partial charge in [-0.1, -0.05) is 18.2 Å². The molecule has 3 heterocycles. The molecule has 0 amide bonds. The first-order valence-corrected chi connectivity index (χ1v) is 10.4. The predicted molar refractivity (Wildman–Crippen MR) is 114 cm³/mol. The highest BCUT2D eigenvalue weighted by Crippen LogP contribution is 2.34. The zero-order chi connectivity index (χ0) is 24.8. The summed E-state index contributed by atoms with van der Waals surface area (Å²) in [5, 5.41) is 6.94. The van der Waals surface area contributed by atoms with E-state index in [1.54, 1.807) is 0 Å². The van der Waals surface area contributed by atoms with Gasteiger partial charge in [-0.05, 0) is 6.92 Å². The third-order valence-electron chi connectivity index (χ3n) is 6.11. The Morgan fingerprint density at radius 3 is 2.47 bits per heavy atom. The first kappa shape index (κ1) is 23.9. The Balaban J connectivity index is 1.87. The molecule has 34 heavy (non-hydrogen) atoms. The maximum atomic E-state index is 14.7.